The third-order valence-corrected chi connectivity index (χ3v) is 3.31. The van der Waals surface area contributed by atoms with Crippen LogP contribution in [0.4, 0.5) is 0 Å². The van der Waals surface area contributed by atoms with Crippen molar-refractivity contribution in [3.05, 3.63) is 22.8 Å². The van der Waals surface area contributed by atoms with Crippen molar-refractivity contribution in [2.75, 3.05) is 0 Å². The summed E-state index contributed by atoms with van der Waals surface area (Å²) in [6.07, 6.45) is 4.06. The molecule has 2 aliphatic rings. The highest BCUT2D eigenvalue weighted by Gasteiger charge is 2.62. The summed E-state index contributed by atoms with van der Waals surface area (Å²) in [6, 6.07) is 0. The van der Waals surface area contributed by atoms with Crippen molar-refractivity contribution >= 4 is 40.0 Å². The summed E-state index contributed by atoms with van der Waals surface area (Å²) in [6.45, 7) is 0. The van der Waals surface area contributed by atoms with E-state index in [1.54, 1.807) is 12.2 Å². The lowest BCUT2D eigenvalue weighted by atomic mass is 10.2. The molecule has 0 radical (unpaired) electrons. The molecule has 2 unspecified atom stereocenters. The number of carbonyl (C=O) groups excluding carboxylic acids is 1. The lowest BCUT2D eigenvalue weighted by molar-refractivity contribution is -0.112. The first kappa shape index (κ1) is 8.61. The van der Waals surface area contributed by atoms with Crippen molar-refractivity contribution in [2.24, 2.45) is 5.92 Å². The third-order valence-electron chi connectivity index (χ3n) is 2.26. The minimum atomic E-state index is -0.593. The molecule has 2 atom stereocenters. The molecule has 0 aromatic rings. The van der Waals surface area contributed by atoms with E-state index in [0.29, 0.717) is 11.5 Å². The third kappa shape index (κ3) is 1.04. The van der Waals surface area contributed by atoms with E-state index in [1.807, 2.05) is 0 Å². The Morgan fingerprint density at radius 1 is 1.58 bits per heavy atom. The first-order valence-corrected chi connectivity index (χ1v) is 4.64. The van der Waals surface area contributed by atoms with Crippen molar-refractivity contribution < 1.29 is 4.79 Å². The van der Waals surface area contributed by atoms with Crippen LogP contribution in [0, 0.1) is 5.92 Å². The van der Waals surface area contributed by atoms with Crippen LogP contribution in [-0.4, -0.2) is 10.1 Å². The molecule has 12 heavy (non-hydrogen) atoms. The highest BCUT2D eigenvalue weighted by Crippen LogP contribution is 2.61. The van der Waals surface area contributed by atoms with Gasteiger partial charge in [0.25, 0.3) is 0 Å². The molecule has 1 nitrogen and oxygen atoms in total. The number of fused-ring (bicyclic) bond motifs is 1. The van der Waals surface area contributed by atoms with Crippen molar-refractivity contribution in [1.29, 1.82) is 0 Å². The summed E-state index contributed by atoms with van der Waals surface area (Å²) in [5.74, 6) is -0.326. The molecule has 0 aromatic heterocycles. The SMILES string of the molecule is O=C(Cl)C1C2=CC=C(Cl)CC21Cl. The van der Waals surface area contributed by atoms with Crippen molar-refractivity contribution in [2.45, 2.75) is 11.3 Å². The van der Waals surface area contributed by atoms with Crippen LogP contribution >= 0.6 is 34.8 Å². The normalized spacial score (nSPS) is 38.1. The molecular weight excluding hydrogens is 218 g/mol. The Hall–Kier alpha value is 0.0200. The van der Waals surface area contributed by atoms with E-state index < -0.39 is 10.1 Å². The Kier molecular flexibility index (Phi) is 1.80. The topological polar surface area (TPSA) is 17.1 Å². The van der Waals surface area contributed by atoms with Gasteiger partial charge in [0.05, 0.1) is 10.8 Å². The molecule has 1 fully saturated rings. The van der Waals surface area contributed by atoms with E-state index in [4.69, 9.17) is 34.8 Å². The first-order valence-electron chi connectivity index (χ1n) is 3.50. The molecular formula is C8H5Cl3O. The Morgan fingerprint density at radius 3 is 2.75 bits per heavy atom. The summed E-state index contributed by atoms with van der Waals surface area (Å²) in [5.41, 5.74) is 0.897. The Bertz CT molecular complexity index is 318. The standard InChI is InChI=1S/C8H5Cl3O/c9-4-1-2-5-6(7(10)12)8(5,11)3-4/h1-2,6H,3H2. The van der Waals surface area contributed by atoms with Crippen LogP contribution in [0.3, 0.4) is 0 Å². The van der Waals surface area contributed by atoms with Crippen molar-refractivity contribution in [1.82, 2.24) is 0 Å². The smallest absolute Gasteiger partial charge is 0.230 e. The molecule has 2 rings (SSSR count). The number of alkyl halides is 1. The molecule has 0 aliphatic heterocycles. The van der Waals surface area contributed by atoms with Crippen molar-refractivity contribution in [3.63, 3.8) is 0 Å². The molecule has 0 N–H and O–H groups in total. The van der Waals surface area contributed by atoms with Crippen LogP contribution in [0.5, 0.6) is 0 Å². The van der Waals surface area contributed by atoms with Crippen LogP contribution in [-0.2, 0) is 4.79 Å². The van der Waals surface area contributed by atoms with E-state index >= 15 is 0 Å². The zero-order chi connectivity index (χ0) is 8.93. The van der Waals surface area contributed by atoms with Gasteiger partial charge in [0.15, 0.2) is 0 Å². The zero-order valence-electron chi connectivity index (χ0n) is 5.98. The van der Waals surface area contributed by atoms with Crippen LogP contribution in [0.1, 0.15) is 6.42 Å². The summed E-state index contributed by atoms with van der Waals surface area (Å²) in [7, 11) is 0. The monoisotopic (exact) mass is 222 g/mol. The molecule has 0 aromatic carbocycles. The fourth-order valence-electron chi connectivity index (χ4n) is 1.60. The molecule has 0 saturated heterocycles. The van der Waals surface area contributed by atoms with Gasteiger partial charge in [-0.25, -0.2) is 0 Å². The second kappa shape index (κ2) is 2.50. The van der Waals surface area contributed by atoms with Crippen LogP contribution in [0.25, 0.3) is 0 Å². The van der Waals surface area contributed by atoms with Gasteiger partial charge in [-0.15, -0.1) is 11.6 Å². The lowest BCUT2D eigenvalue weighted by Gasteiger charge is -2.07. The van der Waals surface area contributed by atoms with E-state index in [-0.39, 0.29) is 5.92 Å². The average Bonchev–Trinajstić information content (AvgIpc) is 2.52. The van der Waals surface area contributed by atoms with Crippen LogP contribution in [0.2, 0.25) is 0 Å². The fraction of sp³-hybridized carbons (Fsp3) is 0.375. The minimum Gasteiger partial charge on any atom is -0.281 e. The summed E-state index contributed by atoms with van der Waals surface area (Å²) in [4.78, 5) is 10.3. The predicted octanol–water partition coefficient (Wildman–Crippen LogP) is 2.81. The van der Waals surface area contributed by atoms with E-state index in [0.717, 1.165) is 5.57 Å². The summed E-state index contributed by atoms with van der Waals surface area (Å²) < 4.78 is 0. The number of hydrogen-bond donors (Lipinski definition) is 0. The fourth-order valence-corrected chi connectivity index (χ4v) is 2.78. The van der Waals surface area contributed by atoms with Crippen LogP contribution in [0.15, 0.2) is 22.8 Å². The molecule has 0 bridgehead atoms. The maximum Gasteiger partial charge on any atom is 0.230 e. The first-order chi connectivity index (χ1) is 5.55. The van der Waals surface area contributed by atoms with Crippen LogP contribution < -0.4 is 0 Å². The molecule has 2 aliphatic carbocycles. The van der Waals surface area contributed by atoms with Crippen molar-refractivity contribution in [3.8, 4) is 0 Å². The number of allylic oxidation sites excluding steroid dienone is 4. The Morgan fingerprint density at radius 2 is 2.25 bits per heavy atom. The maximum atomic E-state index is 10.9. The molecule has 0 amide bonds. The highest BCUT2D eigenvalue weighted by molar-refractivity contribution is 6.66. The van der Waals surface area contributed by atoms with Gasteiger partial charge in [0, 0.05) is 11.5 Å². The van der Waals surface area contributed by atoms with E-state index in [2.05, 4.69) is 0 Å². The number of rotatable bonds is 1. The second-order valence-corrected chi connectivity index (χ2v) is 4.54. The quantitative estimate of drug-likeness (QED) is 0.493. The Balaban J connectivity index is 2.29. The maximum absolute atomic E-state index is 10.9. The minimum absolute atomic E-state index is 0.326. The van der Waals surface area contributed by atoms with Gasteiger partial charge in [-0.2, -0.15) is 0 Å². The highest BCUT2D eigenvalue weighted by atomic mass is 35.5. The van der Waals surface area contributed by atoms with Gasteiger partial charge in [0.2, 0.25) is 5.24 Å². The van der Waals surface area contributed by atoms with E-state index in [1.165, 1.54) is 0 Å². The zero-order valence-corrected chi connectivity index (χ0v) is 8.25. The molecule has 4 heteroatoms. The molecule has 1 saturated carbocycles. The predicted molar refractivity (Wildman–Crippen MR) is 49.6 cm³/mol. The summed E-state index contributed by atoms with van der Waals surface area (Å²) in [5, 5.41) is 0.283. The Labute approximate surface area is 85.0 Å². The largest absolute Gasteiger partial charge is 0.281 e. The number of halogens is 3. The van der Waals surface area contributed by atoms with Gasteiger partial charge < -0.3 is 0 Å². The van der Waals surface area contributed by atoms with Gasteiger partial charge in [-0.05, 0) is 23.3 Å². The van der Waals surface area contributed by atoms with Gasteiger partial charge >= 0.3 is 0 Å². The van der Waals surface area contributed by atoms with Gasteiger partial charge in [-0.1, -0.05) is 17.7 Å². The van der Waals surface area contributed by atoms with Gasteiger partial charge in [-0.3, -0.25) is 4.79 Å². The molecule has 64 valence electrons. The number of hydrogen-bond acceptors (Lipinski definition) is 1. The van der Waals surface area contributed by atoms with E-state index in [9.17, 15) is 4.79 Å². The van der Waals surface area contributed by atoms with Gasteiger partial charge in [0.1, 0.15) is 0 Å². The molecule has 0 spiro atoms. The second-order valence-electron chi connectivity index (χ2n) is 3.01. The number of carbonyl (C=O) groups is 1. The molecule has 0 heterocycles. The average molecular weight is 223 g/mol. The summed E-state index contributed by atoms with van der Waals surface area (Å²) >= 11 is 17.2. The lowest BCUT2D eigenvalue weighted by Crippen LogP contribution is -2.07.